The van der Waals surface area contributed by atoms with Crippen LogP contribution in [-0.4, -0.2) is 24.3 Å². The number of nitrogens with one attached hydrogen (secondary N) is 1. The minimum absolute atomic E-state index is 0.494. The molecule has 0 radical (unpaired) electrons. The van der Waals surface area contributed by atoms with Crippen LogP contribution in [0, 0.1) is 0 Å². The van der Waals surface area contributed by atoms with Gasteiger partial charge in [-0.1, -0.05) is 13.8 Å². The molecule has 0 aliphatic heterocycles. The van der Waals surface area contributed by atoms with Crippen molar-refractivity contribution >= 4 is 0 Å². The molecule has 0 aromatic carbocycles. The van der Waals surface area contributed by atoms with Crippen molar-refractivity contribution in [3.8, 4) is 0 Å². The van der Waals surface area contributed by atoms with Gasteiger partial charge in [0, 0.05) is 38.2 Å². The zero-order valence-electron chi connectivity index (χ0n) is 11.4. The maximum Gasteiger partial charge on any atom is 0.0482 e. The van der Waals surface area contributed by atoms with Gasteiger partial charge in [0.1, 0.15) is 0 Å². The van der Waals surface area contributed by atoms with E-state index >= 15 is 0 Å². The van der Waals surface area contributed by atoms with Crippen LogP contribution in [0.1, 0.15) is 45.2 Å². The normalized spacial score (nSPS) is 12.9. The number of nitrogens with zero attached hydrogens (tertiary/aromatic N) is 1. The smallest absolute Gasteiger partial charge is 0.0482 e. The van der Waals surface area contributed by atoms with Gasteiger partial charge in [0.05, 0.1) is 0 Å². The average Bonchev–Trinajstić information content (AvgIpc) is 2.80. The zero-order valence-corrected chi connectivity index (χ0v) is 11.4. The topological polar surface area (TPSA) is 26.2 Å². The summed E-state index contributed by atoms with van der Waals surface area (Å²) < 4.78 is 7.60. The minimum Gasteiger partial charge on any atom is -0.382 e. The minimum atomic E-state index is 0.494. The maximum absolute atomic E-state index is 5.34. The highest BCUT2D eigenvalue weighted by Gasteiger charge is 2.08. The third-order valence-corrected chi connectivity index (χ3v) is 2.94. The first-order valence-corrected chi connectivity index (χ1v) is 6.78. The molecule has 3 nitrogen and oxygen atoms in total. The van der Waals surface area contributed by atoms with E-state index in [4.69, 9.17) is 4.74 Å². The Morgan fingerprint density at radius 1 is 1.35 bits per heavy atom. The summed E-state index contributed by atoms with van der Waals surface area (Å²) in [5, 5.41) is 3.50. The summed E-state index contributed by atoms with van der Waals surface area (Å²) in [6, 6.07) is 2.71. The van der Waals surface area contributed by atoms with E-state index < -0.39 is 0 Å². The summed E-state index contributed by atoms with van der Waals surface area (Å²) in [4.78, 5) is 0. The summed E-state index contributed by atoms with van der Waals surface area (Å²) in [5.41, 5.74) is 1.39. The second kappa shape index (κ2) is 8.31. The molecule has 1 atom stereocenters. The molecule has 1 aromatic heterocycles. The molecule has 1 heterocycles. The van der Waals surface area contributed by atoms with E-state index in [1.807, 2.05) is 6.92 Å². The van der Waals surface area contributed by atoms with E-state index in [1.54, 1.807) is 0 Å². The van der Waals surface area contributed by atoms with Crippen molar-refractivity contribution in [3.05, 3.63) is 24.0 Å². The van der Waals surface area contributed by atoms with Crippen molar-refractivity contribution in [2.75, 3.05) is 19.8 Å². The SMILES string of the molecule is CCNC(CC)c1ccn(CCCOCC)c1. The van der Waals surface area contributed by atoms with Crippen LogP contribution in [-0.2, 0) is 11.3 Å². The van der Waals surface area contributed by atoms with Gasteiger partial charge in [0.2, 0.25) is 0 Å². The summed E-state index contributed by atoms with van der Waals surface area (Å²) in [6.45, 7) is 10.2. The second-order valence-corrected chi connectivity index (χ2v) is 4.25. The fourth-order valence-corrected chi connectivity index (χ4v) is 2.04. The van der Waals surface area contributed by atoms with Crippen LogP contribution in [0.4, 0.5) is 0 Å². The number of hydrogen-bond acceptors (Lipinski definition) is 2. The fourth-order valence-electron chi connectivity index (χ4n) is 2.04. The summed E-state index contributed by atoms with van der Waals surface area (Å²) in [5.74, 6) is 0. The highest BCUT2D eigenvalue weighted by Crippen LogP contribution is 2.16. The van der Waals surface area contributed by atoms with Crippen LogP contribution in [0.25, 0.3) is 0 Å². The van der Waals surface area contributed by atoms with Crippen molar-refractivity contribution in [1.29, 1.82) is 0 Å². The lowest BCUT2D eigenvalue weighted by Crippen LogP contribution is -2.19. The van der Waals surface area contributed by atoms with Crippen LogP contribution in [0.2, 0.25) is 0 Å². The van der Waals surface area contributed by atoms with Gasteiger partial charge in [-0.2, -0.15) is 0 Å². The molecule has 0 fully saturated rings. The van der Waals surface area contributed by atoms with E-state index in [-0.39, 0.29) is 0 Å². The Kier molecular flexibility index (Phi) is 6.97. The van der Waals surface area contributed by atoms with Crippen LogP contribution >= 0.6 is 0 Å². The molecule has 0 spiro atoms. The Balaban J connectivity index is 2.40. The van der Waals surface area contributed by atoms with Crippen molar-refractivity contribution in [3.63, 3.8) is 0 Å². The summed E-state index contributed by atoms with van der Waals surface area (Å²) in [7, 11) is 0. The van der Waals surface area contributed by atoms with Gasteiger partial charge in [-0.25, -0.2) is 0 Å². The average molecular weight is 238 g/mol. The first kappa shape index (κ1) is 14.3. The van der Waals surface area contributed by atoms with E-state index in [2.05, 4.69) is 42.2 Å². The first-order valence-electron chi connectivity index (χ1n) is 6.78. The molecule has 17 heavy (non-hydrogen) atoms. The van der Waals surface area contributed by atoms with Gasteiger partial charge in [0.15, 0.2) is 0 Å². The molecule has 0 bridgehead atoms. The number of aromatic nitrogens is 1. The molecule has 98 valence electrons. The molecule has 1 unspecified atom stereocenters. The predicted octanol–water partition coefficient (Wildman–Crippen LogP) is 2.98. The van der Waals surface area contributed by atoms with Crippen LogP contribution in [0.15, 0.2) is 18.5 Å². The van der Waals surface area contributed by atoms with E-state index in [9.17, 15) is 0 Å². The maximum atomic E-state index is 5.34. The van der Waals surface area contributed by atoms with E-state index in [0.29, 0.717) is 6.04 Å². The molecule has 0 aliphatic rings. The van der Waals surface area contributed by atoms with Gasteiger partial charge in [-0.15, -0.1) is 0 Å². The summed E-state index contributed by atoms with van der Waals surface area (Å²) >= 11 is 0. The predicted molar refractivity (Wildman–Crippen MR) is 72.3 cm³/mol. The van der Waals surface area contributed by atoms with E-state index in [0.717, 1.165) is 39.1 Å². The molecule has 1 rings (SSSR count). The molecule has 0 saturated carbocycles. The fraction of sp³-hybridized carbons (Fsp3) is 0.714. The van der Waals surface area contributed by atoms with Crippen molar-refractivity contribution in [2.45, 2.75) is 46.2 Å². The monoisotopic (exact) mass is 238 g/mol. The van der Waals surface area contributed by atoms with Crippen LogP contribution < -0.4 is 5.32 Å². The Labute approximate surface area is 105 Å². The third-order valence-electron chi connectivity index (χ3n) is 2.94. The van der Waals surface area contributed by atoms with Crippen molar-refractivity contribution in [1.82, 2.24) is 9.88 Å². The lowest BCUT2D eigenvalue weighted by Gasteiger charge is -2.13. The summed E-state index contributed by atoms with van der Waals surface area (Å²) in [6.07, 6.45) is 6.64. The van der Waals surface area contributed by atoms with Crippen LogP contribution in [0.5, 0.6) is 0 Å². The third kappa shape index (κ3) is 4.92. The highest BCUT2D eigenvalue weighted by molar-refractivity contribution is 5.15. The molecule has 3 heteroatoms. The molecule has 0 amide bonds. The lowest BCUT2D eigenvalue weighted by molar-refractivity contribution is 0.141. The van der Waals surface area contributed by atoms with Gasteiger partial charge >= 0.3 is 0 Å². The molecular formula is C14H26N2O. The van der Waals surface area contributed by atoms with Gasteiger partial charge in [-0.05, 0) is 37.9 Å². The Bertz CT molecular complexity index is 296. The molecular weight excluding hydrogens is 212 g/mol. The Morgan fingerprint density at radius 3 is 2.82 bits per heavy atom. The highest BCUT2D eigenvalue weighted by atomic mass is 16.5. The molecule has 0 saturated heterocycles. The Hall–Kier alpha value is -0.800. The lowest BCUT2D eigenvalue weighted by atomic mass is 10.1. The number of rotatable bonds is 9. The molecule has 1 N–H and O–H groups in total. The second-order valence-electron chi connectivity index (χ2n) is 4.25. The molecule has 1 aromatic rings. The van der Waals surface area contributed by atoms with Gasteiger partial charge in [0.25, 0.3) is 0 Å². The number of aryl methyl sites for hydroxylation is 1. The van der Waals surface area contributed by atoms with Crippen molar-refractivity contribution < 1.29 is 4.74 Å². The van der Waals surface area contributed by atoms with Gasteiger partial charge < -0.3 is 14.6 Å². The number of hydrogen-bond donors (Lipinski definition) is 1. The Morgan fingerprint density at radius 2 is 2.18 bits per heavy atom. The number of ether oxygens (including phenoxy) is 1. The standard InChI is InChI=1S/C14H26N2O/c1-4-14(15-5-2)13-8-10-16(12-13)9-7-11-17-6-3/h8,10,12,14-15H,4-7,9,11H2,1-3H3. The largest absolute Gasteiger partial charge is 0.382 e. The zero-order chi connectivity index (χ0) is 12.5. The van der Waals surface area contributed by atoms with Crippen LogP contribution in [0.3, 0.4) is 0 Å². The first-order chi connectivity index (χ1) is 8.31. The quantitative estimate of drug-likeness (QED) is 0.669. The van der Waals surface area contributed by atoms with Gasteiger partial charge in [-0.3, -0.25) is 0 Å². The van der Waals surface area contributed by atoms with Crippen molar-refractivity contribution in [2.24, 2.45) is 0 Å². The molecule has 0 aliphatic carbocycles. The van der Waals surface area contributed by atoms with E-state index in [1.165, 1.54) is 5.56 Å².